The van der Waals surface area contributed by atoms with Crippen molar-refractivity contribution in [3.05, 3.63) is 29.3 Å². The van der Waals surface area contributed by atoms with Crippen LogP contribution < -0.4 is 4.74 Å². The highest BCUT2D eigenvalue weighted by Gasteiger charge is 2.32. The van der Waals surface area contributed by atoms with Crippen LogP contribution >= 0.6 is 10.7 Å². The van der Waals surface area contributed by atoms with Crippen molar-refractivity contribution >= 4 is 19.7 Å². The van der Waals surface area contributed by atoms with Crippen molar-refractivity contribution in [1.29, 1.82) is 0 Å². The summed E-state index contributed by atoms with van der Waals surface area (Å²) < 4.78 is 27.9. The fourth-order valence-corrected chi connectivity index (χ4v) is 2.93. The van der Waals surface area contributed by atoms with Crippen molar-refractivity contribution in [3.8, 4) is 5.75 Å². The molecule has 0 saturated carbocycles. The second kappa shape index (κ2) is 3.64. The molecule has 5 heteroatoms. The summed E-state index contributed by atoms with van der Waals surface area (Å²) in [5.74, 6) is 0.491. The molecule has 1 heterocycles. The zero-order chi connectivity index (χ0) is 12.0. The van der Waals surface area contributed by atoms with Gasteiger partial charge in [-0.15, -0.1) is 0 Å². The fourth-order valence-electron chi connectivity index (χ4n) is 1.98. The van der Waals surface area contributed by atoms with E-state index in [9.17, 15) is 8.42 Å². The van der Waals surface area contributed by atoms with E-state index in [1.807, 2.05) is 26.0 Å². The van der Waals surface area contributed by atoms with E-state index >= 15 is 0 Å². The van der Waals surface area contributed by atoms with Gasteiger partial charge in [-0.25, -0.2) is 8.42 Å². The molecule has 88 valence electrons. The van der Waals surface area contributed by atoms with Crippen molar-refractivity contribution in [2.24, 2.45) is 0 Å². The number of para-hydroxylation sites is 1. The molecule has 0 N–H and O–H groups in total. The van der Waals surface area contributed by atoms with Crippen LogP contribution in [0.3, 0.4) is 0 Å². The van der Waals surface area contributed by atoms with Gasteiger partial charge in [0.25, 0.3) is 0 Å². The molecular weight excluding hydrogens is 248 g/mol. The Morgan fingerprint density at radius 1 is 1.44 bits per heavy atom. The highest BCUT2D eigenvalue weighted by molar-refractivity contribution is 8.13. The third-order valence-corrected chi connectivity index (χ3v) is 3.48. The molecule has 0 atom stereocenters. The molecule has 0 aromatic heterocycles. The predicted octanol–water partition coefficient (Wildman–Crippen LogP) is 2.47. The molecule has 16 heavy (non-hydrogen) atoms. The lowest BCUT2D eigenvalue weighted by Crippen LogP contribution is -2.24. The molecule has 1 aliphatic heterocycles. The minimum absolute atomic E-state index is 0.187. The molecular formula is C11H13ClO3S. The third-order valence-electron chi connectivity index (χ3n) is 2.50. The average molecular weight is 261 g/mol. The molecule has 0 spiro atoms. The van der Waals surface area contributed by atoms with Gasteiger partial charge in [0.05, 0.1) is 5.75 Å². The summed E-state index contributed by atoms with van der Waals surface area (Å²) in [6.07, 6.45) is 0.790. The Labute approximate surface area is 99.8 Å². The van der Waals surface area contributed by atoms with Gasteiger partial charge < -0.3 is 4.74 Å². The maximum Gasteiger partial charge on any atom is 0.236 e. The van der Waals surface area contributed by atoms with E-state index in [1.54, 1.807) is 6.07 Å². The zero-order valence-corrected chi connectivity index (χ0v) is 10.7. The molecule has 0 bridgehead atoms. The van der Waals surface area contributed by atoms with Crippen LogP contribution in [0.1, 0.15) is 25.0 Å². The Balaban J connectivity index is 2.41. The van der Waals surface area contributed by atoms with Crippen LogP contribution in [0.2, 0.25) is 0 Å². The number of hydrogen-bond donors (Lipinski definition) is 0. The van der Waals surface area contributed by atoms with Gasteiger partial charge in [0.1, 0.15) is 11.4 Å². The first kappa shape index (κ1) is 11.7. The standard InChI is InChI=1S/C11H13ClO3S/c1-11(2)6-8-4-3-5-9(10(8)15-11)7-16(12,13)14/h3-5H,6-7H2,1-2H3. The Hall–Kier alpha value is -0.740. The molecule has 0 fully saturated rings. The zero-order valence-electron chi connectivity index (χ0n) is 9.16. The van der Waals surface area contributed by atoms with Crippen molar-refractivity contribution < 1.29 is 13.2 Å². The van der Waals surface area contributed by atoms with Gasteiger partial charge in [-0.1, -0.05) is 18.2 Å². The van der Waals surface area contributed by atoms with Gasteiger partial charge in [-0.2, -0.15) is 0 Å². The molecule has 0 radical (unpaired) electrons. The molecule has 0 saturated heterocycles. The van der Waals surface area contributed by atoms with E-state index < -0.39 is 9.05 Å². The number of fused-ring (bicyclic) bond motifs is 1. The largest absolute Gasteiger partial charge is 0.487 e. The number of ether oxygens (including phenoxy) is 1. The first-order chi connectivity index (χ1) is 7.27. The molecule has 1 aromatic carbocycles. The molecule has 1 aliphatic rings. The van der Waals surface area contributed by atoms with Crippen LogP contribution in [0.25, 0.3) is 0 Å². The van der Waals surface area contributed by atoms with E-state index in [0.717, 1.165) is 12.0 Å². The normalized spacial score (nSPS) is 17.9. The van der Waals surface area contributed by atoms with Crippen molar-refractivity contribution in [3.63, 3.8) is 0 Å². The number of benzene rings is 1. The quantitative estimate of drug-likeness (QED) is 0.768. The van der Waals surface area contributed by atoms with E-state index in [-0.39, 0.29) is 11.4 Å². The summed E-state index contributed by atoms with van der Waals surface area (Å²) in [6.45, 7) is 3.96. The van der Waals surface area contributed by atoms with Crippen molar-refractivity contribution in [2.75, 3.05) is 0 Å². The van der Waals surface area contributed by atoms with Crippen LogP contribution in [0.4, 0.5) is 0 Å². The topological polar surface area (TPSA) is 43.4 Å². The summed E-state index contributed by atoms with van der Waals surface area (Å²) in [7, 11) is 1.71. The van der Waals surface area contributed by atoms with Crippen molar-refractivity contribution in [2.45, 2.75) is 31.6 Å². The number of halogens is 1. The first-order valence-electron chi connectivity index (χ1n) is 4.99. The maximum absolute atomic E-state index is 11.1. The monoisotopic (exact) mass is 260 g/mol. The molecule has 2 rings (SSSR count). The highest BCUT2D eigenvalue weighted by Crippen LogP contribution is 2.38. The summed E-state index contributed by atoms with van der Waals surface area (Å²) >= 11 is 0. The van der Waals surface area contributed by atoms with Gasteiger partial charge in [-0.05, 0) is 19.4 Å². The van der Waals surface area contributed by atoms with Gasteiger partial charge in [0, 0.05) is 22.7 Å². The summed E-state index contributed by atoms with van der Waals surface area (Å²) in [5, 5.41) is 0. The van der Waals surface area contributed by atoms with Crippen LogP contribution in [-0.2, 0) is 21.2 Å². The SMILES string of the molecule is CC1(C)Cc2cccc(CS(=O)(=O)Cl)c2O1. The first-order valence-corrected chi connectivity index (χ1v) is 7.47. The van der Waals surface area contributed by atoms with E-state index in [1.165, 1.54) is 0 Å². The van der Waals surface area contributed by atoms with Gasteiger partial charge in [0.15, 0.2) is 0 Å². The van der Waals surface area contributed by atoms with Gasteiger partial charge in [-0.3, -0.25) is 0 Å². The molecule has 0 amide bonds. The average Bonchev–Trinajstić information content (AvgIpc) is 2.37. The Morgan fingerprint density at radius 2 is 2.12 bits per heavy atom. The predicted molar refractivity (Wildman–Crippen MR) is 63.3 cm³/mol. The lowest BCUT2D eigenvalue weighted by molar-refractivity contribution is 0.137. The number of hydrogen-bond acceptors (Lipinski definition) is 3. The molecule has 0 unspecified atom stereocenters. The Bertz CT molecular complexity index is 520. The van der Waals surface area contributed by atoms with Crippen LogP contribution in [0.15, 0.2) is 18.2 Å². The summed E-state index contributed by atoms with van der Waals surface area (Å²) in [5.41, 5.74) is 1.41. The van der Waals surface area contributed by atoms with Gasteiger partial charge in [0.2, 0.25) is 9.05 Å². The molecule has 3 nitrogen and oxygen atoms in total. The second-order valence-corrected chi connectivity index (χ2v) is 7.40. The smallest absolute Gasteiger partial charge is 0.236 e. The van der Waals surface area contributed by atoms with Crippen LogP contribution in [0.5, 0.6) is 5.75 Å². The van der Waals surface area contributed by atoms with Crippen LogP contribution in [0, 0.1) is 0 Å². The third kappa shape index (κ3) is 2.50. The molecule has 1 aromatic rings. The molecule has 0 aliphatic carbocycles. The van der Waals surface area contributed by atoms with Crippen molar-refractivity contribution in [1.82, 2.24) is 0 Å². The van der Waals surface area contributed by atoms with Crippen LogP contribution in [-0.4, -0.2) is 14.0 Å². The van der Waals surface area contributed by atoms with E-state index in [0.29, 0.717) is 11.3 Å². The maximum atomic E-state index is 11.1. The minimum atomic E-state index is -3.54. The Kier molecular flexibility index (Phi) is 2.67. The summed E-state index contributed by atoms with van der Waals surface area (Å²) in [4.78, 5) is 0. The van der Waals surface area contributed by atoms with E-state index in [4.69, 9.17) is 15.4 Å². The fraction of sp³-hybridized carbons (Fsp3) is 0.455. The Morgan fingerprint density at radius 3 is 2.75 bits per heavy atom. The lowest BCUT2D eigenvalue weighted by atomic mass is 10.0. The summed E-state index contributed by atoms with van der Waals surface area (Å²) in [6, 6.07) is 5.52. The highest BCUT2D eigenvalue weighted by atomic mass is 35.7. The van der Waals surface area contributed by atoms with E-state index in [2.05, 4.69) is 0 Å². The minimum Gasteiger partial charge on any atom is -0.487 e. The van der Waals surface area contributed by atoms with Gasteiger partial charge >= 0.3 is 0 Å². The lowest BCUT2D eigenvalue weighted by Gasteiger charge is -2.18. The number of rotatable bonds is 2. The second-order valence-electron chi connectivity index (χ2n) is 4.63.